The lowest BCUT2D eigenvalue weighted by atomic mass is 9.64. The predicted octanol–water partition coefficient (Wildman–Crippen LogP) is 2.34. The highest BCUT2D eigenvalue weighted by molar-refractivity contribution is 5.89. The van der Waals surface area contributed by atoms with Crippen molar-refractivity contribution in [2.24, 2.45) is 5.92 Å². The zero-order valence-electron chi connectivity index (χ0n) is 11.8. The van der Waals surface area contributed by atoms with Crippen LogP contribution in [0.15, 0.2) is 30.3 Å². The van der Waals surface area contributed by atoms with Gasteiger partial charge in [-0.2, -0.15) is 0 Å². The molecule has 0 heterocycles. The van der Waals surface area contributed by atoms with Gasteiger partial charge in [-0.3, -0.25) is 9.59 Å². The van der Waals surface area contributed by atoms with Crippen molar-refractivity contribution < 1.29 is 14.7 Å². The summed E-state index contributed by atoms with van der Waals surface area (Å²) >= 11 is 0. The van der Waals surface area contributed by atoms with Gasteiger partial charge in [0.2, 0.25) is 5.91 Å². The van der Waals surface area contributed by atoms with E-state index in [0.29, 0.717) is 6.54 Å². The van der Waals surface area contributed by atoms with E-state index in [1.54, 1.807) is 0 Å². The van der Waals surface area contributed by atoms with Crippen molar-refractivity contribution in [3.05, 3.63) is 35.9 Å². The average molecular weight is 275 g/mol. The number of amides is 1. The number of nitrogens with one attached hydrogen (secondary N) is 1. The zero-order chi connectivity index (χ0) is 14.6. The standard InChI is InChI=1S/C16H21NO3/c1-12(10-14(18)19)11-17-15(20)16(8-5-9-16)13-6-3-2-4-7-13/h2-4,6-7,12H,5,8-11H2,1H3,(H,17,20)(H,18,19). The van der Waals surface area contributed by atoms with E-state index in [0.717, 1.165) is 24.8 Å². The molecule has 0 spiro atoms. The van der Waals surface area contributed by atoms with Gasteiger partial charge in [-0.15, -0.1) is 0 Å². The normalized spacial score (nSPS) is 17.9. The van der Waals surface area contributed by atoms with E-state index in [2.05, 4.69) is 5.32 Å². The molecule has 2 N–H and O–H groups in total. The molecule has 0 saturated heterocycles. The average Bonchev–Trinajstić information content (AvgIpc) is 2.35. The fourth-order valence-corrected chi connectivity index (χ4v) is 2.74. The summed E-state index contributed by atoms with van der Waals surface area (Å²) in [5, 5.41) is 11.7. The quantitative estimate of drug-likeness (QED) is 0.837. The number of carbonyl (C=O) groups is 2. The Kier molecular flexibility index (Phi) is 4.42. The van der Waals surface area contributed by atoms with Crippen molar-refractivity contribution in [2.75, 3.05) is 6.54 Å². The van der Waals surface area contributed by atoms with Crippen LogP contribution in [0.25, 0.3) is 0 Å². The summed E-state index contributed by atoms with van der Waals surface area (Å²) in [7, 11) is 0. The van der Waals surface area contributed by atoms with E-state index in [1.807, 2.05) is 37.3 Å². The minimum atomic E-state index is -0.826. The van der Waals surface area contributed by atoms with Gasteiger partial charge in [-0.25, -0.2) is 0 Å². The largest absolute Gasteiger partial charge is 0.481 e. The highest BCUT2D eigenvalue weighted by Gasteiger charge is 2.45. The first-order valence-corrected chi connectivity index (χ1v) is 7.10. The Morgan fingerprint density at radius 3 is 2.45 bits per heavy atom. The monoisotopic (exact) mass is 275 g/mol. The van der Waals surface area contributed by atoms with E-state index in [4.69, 9.17) is 5.11 Å². The molecule has 1 amide bonds. The summed E-state index contributed by atoms with van der Waals surface area (Å²) < 4.78 is 0. The van der Waals surface area contributed by atoms with Gasteiger partial charge in [0.25, 0.3) is 0 Å². The molecule has 4 nitrogen and oxygen atoms in total. The molecule has 20 heavy (non-hydrogen) atoms. The molecular formula is C16H21NO3. The lowest BCUT2D eigenvalue weighted by Crippen LogP contribution is -2.50. The molecule has 1 aromatic carbocycles. The second kappa shape index (κ2) is 6.07. The first-order chi connectivity index (χ1) is 9.54. The van der Waals surface area contributed by atoms with E-state index in [1.165, 1.54) is 0 Å². The summed E-state index contributed by atoms with van der Waals surface area (Å²) in [4.78, 5) is 23.1. The Morgan fingerprint density at radius 2 is 1.95 bits per heavy atom. The third-order valence-electron chi connectivity index (χ3n) is 4.10. The molecule has 4 heteroatoms. The van der Waals surface area contributed by atoms with Crippen LogP contribution in [0, 0.1) is 5.92 Å². The first-order valence-electron chi connectivity index (χ1n) is 7.10. The zero-order valence-corrected chi connectivity index (χ0v) is 11.8. The van der Waals surface area contributed by atoms with Crippen molar-refractivity contribution >= 4 is 11.9 Å². The number of hydrogen-bond acceptors (Lipinski definition) is 2. The predicted molar refractivity (Wildman–Crippen MR) is 76.4 cm³/mol. The molecule has 1 fully saturated rings. The maximum Gasteiger partial charge on any atom is 0.303 e. The van der Waals surface area contributed by atoms with Gasteiger partial charge >= 0.3 is 5.97 Å². The van der Waals surface area contributed by atoms with Gasteiger partial charge in [0.05, 0.1) is 5.41 Å². The second-order valence-corrected chi connectivity index (χ2v) is 5.71. The van der Waals surface area contributed by atoms with E-state index in [-0.39, 0.29) is 18.2 Å². The van der Waals surface area contributed by atoms with Crippen molar-refractivity contribution in [1.82, 2.24) is 5.32 Å². The lowest BCUT2D eigenvalue weighted by Gasteiger charge is -2.41. The third kappa shape index (κ3) is 3.00. The number of carboxylic acid groups (broad SMARTS) is 1. The summed E-state index contributed by atoms with van der Waals surface area (Å²) in [5.41, 5.74) is 0.666. The number of benzene rings is 1. The summed E-state index contributed by atoms with van der Waals surface area (Å²) in [6, 6.07) is 9.85. The fraction of sp³-hybridized carbons (Fsp3) is 0.500. The van der Waals surface area contributed by atoms with E-state index in [9.17, 15) is 9.59 Å². The first kappa shape index (κ1) is 14.6. The Morgan fingerprint density at radius 1 is 1.30 bits per heavy atom. The Labute approximate surface area is 119 Å². The minimum absolute atomic E-state index is 0.0344. The maximum atomic E-state index is 12.5. The van der Waals surface area contributed by atoms with Crippen LogP contribution >= 0.6 is 0 Å². The van der Waals surface area contributed by atoms with Crippen molar-refractivity contribution in [3.8, 4) is 0 Å². The molecule has 0 bridgehead atoms. The number of rotatable bonds is 6. The van der Waals surface area contributed by atoms with E-state index >= 15 is 0 Å². The molecule has 108 valence electrons. The molecule has 1 aromatic rings. The van der Waals surface area contributed by atoms with Crippen molar-refractivity contribution in [3.63, 3.8) is 0 Å². The number of carbonyl (C=O) groups excluding carboxylic acids is 1. The molecule has 1 aliphatic carbocycles. The van der Waals surface area contributed by atoms with Crippen LogP contribution in [0.2, 0.25) is 0 Å². The fourth-order valence-electron chi connectivity index (χ4n) is 2.74. The van der Waals surface area contributed by atoms with Crippen LogP contribution in [0.3, 0.4) is 0 Å². The Hall–Kier alpha value is -1.84. The molecule has 1 saturated carbocycles. The van der Waals surface area contributed by atoms with Crippen LogP contribution in [0.5, 0.6) is 0 Å². The van der Waals surface area contributed by atoms with E-state index < -0.39 is 11.4 Å². The van der Waals surface area contributed by atoms with Crippen molar-refractivity contribution in [2.45, 2.75) is 38.0 Å². The Bertz CT molecular complexity index is 480. The van der Waals surface area contributed by atoms with Crippen LogP contribution in [-0.2, 0) is 15.0 Å². The minimum Gasteiger partial charge on any atom is -0.481 e. The molecular weight excluding hydrogens is 254 g/mol. The van der Waals surface area contributed by atoms with Crippen LogP contribution in [0.1, 0.15) is 38.2 Å². The van der Waals surface area contributed by atoms with Crippen molar-refractivity contribution in [1.29, 1.82) is 0 Å². The molecule has 0 aromatic heterocycles. The molecule has 2 rings (SSSR count). The third-order valence-corrected chi connectivity index (χ3v) is 4.10. The molecule has 1 atom stereocenters. The molecule has 0 radical (unpaired) electrons. The summed E-state index contributed by atoms with van der Waals surface area (Å²) in [6.45, 7) is 2.25. The van der Waals surface area contributed by atoms with Gasteiger partial charge < -0.3 is 10.4 Å². The second-order valence-electron chi connectivity index (χ2n) is 5.71. The SMILES string of the molecule is CC(CNC(=O)C1(c2ccccc2)CCC1)CC(=O)O. The summed E-state index contributed by atoms with van der Waals surface area (Å²) in [5.74, 6) is -0.843. The highest BCUT2D eigenvalue weighted by atomic mass is 16.4. The maximum absolute atomic E-state index is 12.5. The van der Waals surface area contributed by atoms with Gasteiger partial charge in [-0.1, -0.05) is 43.7 Å². The van der Waals surface area contributed by atoms with Crippen LogP contribution in [-0.4, -0.2) is 23.5 Å². The highest BCUT2D eigenvalue weighted by Crippen LogP contribution is 2.43. The van der Waals surface area contributed by atoms with Gasteiger partial charge in [0, 0.05) is 13.0 Å². The summed E-state index contributed by atoms with van der Waals surface area (Å²) in [6.07, 6.45) is 2.89. The topological polar surface area (TPSA) is 66.4 Å². The molecule has 0 aliphatic heterocycles. The number of carboxylic acids is 1. The smallest absolute Gasteiger partial charge is 0.303 e. The molecule has 1 aliphatic rings. The number of hydrogen-bond donors (Lipinski definition) is 2. The number of aliphatic carboxylic acids is 1. The van der Waals surface area contributed by atoms with Gasteiger partial charge in [0.1, 0.15) is 0 Å². The molecule has 1 unspecified atom stereocenters. The lowest BCUT2D eigenvalue weighted by molar-refractivity contribution is -0.138. The Balaban J connectivity index is 1.98. The van der Waals surface area contributed by atoms with Crippen LogP contribution in [0.4, 0.5) is 0 Å². The van der Waals surface area contributed by atoms with Gasteiger partial charge in [0.15, 0.2) is 0 Å². The van der Waals surface area contributed by atoms with Gasteiger partial charge in [-0.05, 0) is 24.3 Å². The van der Waals surface area contributed by atoms with Crippen LogP contribution < -0.4 is 5.32 Å².